The highest BCUT2D eigenvalue weighted by Gasteiger charge is 2.33. The molecule has 3 nitrogen and oxygen atoms in total. The molecule has 1 rings (SSSR count). The van der Waals surface area contributed by atoms with Crippen LogP contribution in [0.2, 0.25) is 0 Å². The second kappa shape index (κ2) is 5.97. The molecular formula is C12H10F3NO2S. The molecule has 0 bridgehead atoms. The van der Waals surface area contributed by atoms with E-state index in [1.165, 1.54) is 12.1 Å². The second-order valence-corrected chi connectivity index (χ2v) is 4.58. The van der Waals surface area contributed by atoms with Crippen molar-refractivity contribution in [2.24, 2.45) is 0 Å². The molecule has 7 heteroatoms. The third kappa shape index (κ3) is 3.64. The average molecular weight is 289 g/mol. The molecule has 0 fully saturated rings. The Morgan fingerprint density at radius 2 is 2.11 bits per heavy atom. The van der Waals surface area contributed by atoms with Gasteiger partial charge in [0.05, 0.1) is 18.2 Å². The number of rotatable bonds is 3. The van der Waals surface area contributed by atoms with E-state index in [1.54, 1.807) is 13.0 Å². The van der Waals surface area contributed by atoms with Crippen LogP contribution >= 0.6 is 11.8 Å². The highest BCUT2D eigenvalue weighted by Crippen LogP contribution is 2.40. The molecule has 0 N–H and O–H groups in total. The first-order valence-corrected chi connectivity index (χ1v) is 6.05. The van der Waals surface area contributed by atoms with Crippen molar-refractivity contribution >= 4 is 17.7 Å². The molecule has 0 heterocycles. The maximum Gasteiger partial charge on any atom is 0.446 e. The number of thioether (sulfide) groups is 1. The van der Waals surface area contributed by atoms with E-state index < -0.39 is 23.2 Å². The van der Waals surface area contributed by atoms with Gasteiger partial charge in [0.2, 0.25) is 0 Å². The molecule has 0 aliphatic heterocycles. The number of nitrogens with zero attached hydrogens (tertiary/aromatic N) is 1. The third-order valence-corrected chi connectivity index (χ3v) is 3.15. The lowest BCUT2D eigenvalue weighted by Gasteiger charge is -2.13. The van der Waals surface area contributed by atoms with Crippen LogP contribution in [0.3, 0.4) is 0 Å². The smallest absolute Gasteiger partial charge is 0.446 e. The SMILES string of the molecule is CCc1ccc(SC(F)(F)F)c(C(=O)OC)c1C#N. The summed E-state index contributed by atoms with van der Waals surface area (Å²) in [6.07, 6.45) is 0.434. The zero-order valence-corrected chi connectivity index (χ0v) is 11.0. The van der Waals surface area contributed by atoms with E-state index in [9.17, 15) is 18.0 Å². The van der Waals surface area contributed by atoms with E-state index in [0.29, 0.717) is 12.0 Å². The first-order chi connectivity index (χ1) is 8.84. The molecule has 0 unspecified atom stereocenters. The monoisotopic (exact) mass is 289 g/mol. The van der Waals surface area contributed by atoms with Crippen LogP contribution in [0.5, 0.6) is 0 Å². The van der Waals surface area contributed by atoms with Crippen molar-refractivity contribution in [3.8, 4) is 6.07 Å². The molecule has 1 aromatic rings. The molecule has 19 heavy (non-hydrogen) atoms. The maximum absolute atomic E-state index is 12.4. The summed E-state index contributed by atoms with van der Waals surface area (Å²) in [6, 6.07) is 4.38. The third-order valence-electron chi connectivity index (χ3n) is 2.36. The summed E-state index contributed by atoms with van der Waals surface area (Å²) in [5, 5.41) is 9.05. The minimum atomic E-state index is -4.54. The fourth-order valence-corrected chi connectivity index (χ4v) is 2.24. The second-order valence-electron chi connectivity index (χ2n) is 3.48. The predicted molar refractivity (Wildman–Crippen MR) is 63.8 cm³/mol. The quantitative estimate of drug-likeness (QED) is 0.631. The molecule has 1 aromatic carbocycles. The van der Waals surface area contributed by atoms with Crippen LogP contribution in [0.4, 0.5) is 13.2 Å². The Bertz CT molecular complexity index is 535. The van der Waals surface area contributed by atoms with Gasteiger partial charge in [-0.15, -0.1) is 0 Å². The Kier molecular flexibility index (Phi) is 4.84. The summed E-state index contributed by atoms with van der Waals surface area (Å²) in [5.41, 5.74) is -4.42. The first kappa shape index (κ1) is 15.4. The average Bonchev–Trinajstić information content (AvgIpc) is 2.35. The molecule has 0 spiro atoms. The van der Waals surface area contributed by atoms with Gasteiger partial charge in [0.25, 0.3) is 0 Å². The van der Waals surface area contributed by atoms with E-state index in [2.05, 4.69) is 4.74 Å². The summed E-state index contributed by atoms with van der Waals surface area (Å²) in [5.74, 6) is -0.946. The lowest BCUT2D eigenvalue weighted by atomic mass is 10.00. The van der Waals surface area contributed by atoms with Crippen LogP contribution in [0.25, 0.3) is 0 Å². The predicted octanol–water partition coefficient (Wildman–Crippen LogP) is 3.52. The summed E-state index contributed by atoms with van der Waals surface area (Å²) in [7, 11) is 1.06. The zero-order chi connectivity index (χ0) is 14.6. The Hall–Kier alpha value is -1.68. The van der Waals surface area contributed by atoms with Gasteiger partial charge < -0.3 is 4.74 Å². The molecule has 0 aromatic heterocycles. The van der Waals surface area contributed by atoms with Gasteiger partial charge in [0.15, 0.2) is 0 Å². The van der Waals surface area contributed by atoms with E-state index in [0.717, 1.165) is 7.11 Å². The number of hydrogen-bond acceptors (Lipinski definition) is 4. The maximum atomic E-state index is 12.4. The van der Waals surface area contributed by atoms with Gasteiger partial charge >= 0.3 is 11.5 Å². The molecule has 0 saturated heterocycles. The number of halogens is 3. The fourth-order valence-electron chi connectivity index (χ4n) is 1.56. The summed E-state index contributed by atoms with van der Waals surface area (Å²) >= 11 is -0.432. The molecule has 0 aliphatic carbocycles. The number of esters is 1. The van der Waals surface area contributed by atoms with Gasteiger partial charge in [-0.1, -0.05) is 13.0 Å². The van der Waals surface area contributed by atoms with Crippen LogP contribution in [-0.2, 0) is 11.2 Å². The van der Waals surface area contributed by atoms with Crippen molar-refractivity contribution in [2.75, 3.05) is 7.11 Å². The van der Waals surface area contributed by atoms with E-state index in [1.807, 2.05) is 0 Å². The highest BCUT2D eigenvalue weighted by molar-refractivity contribution is 8.00. The van der Waals surface area contributed by atoms with Crippen molar-refractivity contribution in [3.05, 3.63) is 28.8 Å². The molecule has 0 atom stereocenters. The Labute approximate surface area is 112 Å². The molecule has 0 aliphatic rings. The minimum Gasteiger partial charge on any atom is -0.465 e. The highest BCUT2D eigenvalue weighted by atomic mass is 32.2. The minimum absolute atomic E-state index is 0.0661. The van der Waals surface area contributed by atoms with Gasteiger partial charge in [-0.05, 0) is 29.8 Å². The number of carbonyl (C=O) groups excluding carboxylic acids is 1. The molecule has 0 amide bonds. The Morgan fingerprint density at radius 3 is 2.53 bits per heavy atom. The summed E-state index contributed by atoms with van der Waals surface area (Å²) < 4.78 is 41.8. The standard InChI is InChI=1S/C12H10F3NO2S/c1-3-7-4-5-9(19-12(13,14)15)10(8(7)6-16)11(17)18-2/h4-5H,3H2,1-2H3. The van der Waals surface area contributed by atoms with Crippen molar-refractivity contribution < 1.29 is 22.7 Å². The van der Waals surface area contributed by atoms with Gasteiger partial charge in [-0.2, -0.15) is 18.4 Å². The van der Waals surface area contributed by atoms with Crippen LogP contribution in [0.1, 0.15) is 28.4 Å². The topological polar surface area (TPSA) is 50.1 Å². The van der Waals surface area contributed by atoms with Crippen LogP contribution in [0, 0.1) is 11.3 Å². The lowest BCUT2D eigenvalue weighted by Crippen LogP contribution is -2.10. The largest absolute Gasteiger partial charge is 0.465 e. The first-order valence-electron chi connectivity index (χ1n) is 5.24. The number of aryl methyl sites for hydroxylation is 1. The van der Waals surface area contributed by atoms with Crippen LogP contribution in [0.15, 0.2) is 17.0 Å². The molecule has 102 valence electrons. The van der Waals surface area contributed by atoms with Crippen molar-refractivity contribution in [2.45, 2.75) is 23.7 Å². The molecule has 0 saturated carbocycles. The lowest BCUT2D eigenvalue weighted by molar-refractivity contribution is -0.0328. The van der Waals surface area contributed by atoms with Gasteiger partial charge in [-0.25, -0.2) is 4.79 Å². The van der Waals surface area contributed by atoms with Gasteiger partial charge in [0.1, 0.15) is 6.07 Å². The van der Waals surface area contributed by atoms with Crippen LogP contribution < -0.4 is 0 Å². The molecule has 0 radical (unpaired) electrons. The zero-order valence-electron chi connectivity index (χ0n) is 10.2. The normalized spacial score (nSPS) is 10.9. The number of benzene rings is 1. The van der Waals surface area contributed by atoms with E-state index >= 15 is 0 Å². The number of hydrogen-bond donors (Lipinski definition) is 0. The summed E-state index contributed by atoms with van der Waals surface area (Å²) in [6.45, 7) is 1.74. The Balaban J connectivity index is 3.48. The van der Waals surface area contributed by atoms with Crippen molar-refractivity contribution in [3.63, 3.8) is 0 Å². The number of carbonyl (C=O) groups is 1. The van der Waals surface area contributed by atoms with Gasteiger partial charge in [-0.3, -0.25) is 0 Å². The van der Waals surface area contributed by atoms with Crippen molar-refractivity contribution in [1.29, 1.82) is 5.26 Å². The number of ether oxygens (including phenoxy) is 1. The van der Waals surface area contributed by atoms with Crippen LogP contribution in [-0.4, -0.2) is 18.6 Å². The molecular weight excluding hydrogens is 279 g/mol. The van der Waals surface area contributed by atoms with E-state index in [4.69, 9.17) is 5.26 Å². The van der Waals surface area contributed by atoms with E-state index in [-0.39, 0.29) is 16.0 Å². The fraction of sp³-hybridized carbons (Fsp3) is 0.333. The number of alkyl halides is 3. The van der Waals surface area contributed by atoms with Gasteiger partial charge in [0, 0.05) is 4.90 Å². The number of nitriles is 1. The Morgan fingerprint density at radius 1 is 1.47 bits per heavy atom. The van der Waals surface area contributed by atoms with Crippen molar-refractivity contribution in [1.82, 2.24) is 0 Å². The number of methoxy groups -OCH3 is 1. The summed E-state index contributed by atoms with van der Waals surface area (Å²) in [4.78, 5) is 11.3.